The molecule has 2 heterocycles. The molecule has 0 radical (unpaired) electrons. The van der Waals surface area contributed by atoms with Gasteiger partial charge in [-0.3, -0.25) is 0 Å². The number of rotatable bonds is 3. The molecule has 0 aliphatic heterocycles. The summed E-state index contributed by atoms with van der Waals surface area (Å²) < 4.78 is 27.9. The average molecular weight is 300 g/mol. The second-order valence-electron chi connectivity index (χ2n) is 4.81. The zero-order valence-electron chi connectivity index (χ0n) is 11.9. The Balaban J connectivity index is 2.40. The molecule has 0 saturated carbocycles. The normalized spacial score (nSPS) is 11.7. The Morgan fingerprint density at radius 2 is 1.67 bits per heavy atom. The number of hydrogen-bond donors (Lipinski definition) is 1. The maximum atomic E-state index is 13.0. The molecule has 0 spiro atoms. The summed E-state index contributed by atoms with van der Waals surface area (Å²) in [5, 5.41) is 3.03. The van der Waals surface area contributed by atoms with E-state index in [1.54, 1.807) is 37.4 Å². The van der Waals surface area contributed by atoms with Crippen molar-refractivity contribution in [3.8, 4) is 0 Å². The summed E-state index contributed by atoms with van der Waals surface area (Å²) >= 11 is 0. The van der Waals surface area contributed by atoms with Crippen LogP contribution in [-0.4, -0.2) is 19.9 Å². The monoisotopic (exact) mass is 300 g/mol. The topological polar surface area (TPSA) is 50.6 Å². The van der Waals surface area contributed by atoms with E-state index < -0.39 is 9.84 Å². The van der Waals surface area contributed by atoms with Gasteiger partial charge in [0.1, 0.15) is 4.90 Å². The molecular formula is C16H16N2O2S. The summed E-state index contributed by atoms with van der Waals surface area (Å²) in [6.07, 6.45) is 1.87. The molecule has 0 amide bonds. The molecule has 1 aromatic carbocycles. The lowest BCUT2D eigenvalue weighted by Gasteiger charge is -2.07. The first-order valence-corrected chi connectivity index (χ1v) is 8.13. The van der Waals surface area contributed by atoms with Crippen LogP contribution in [0.2, 0.25) is 0 Å². The third-order valence-corrected chi connectivity index (χ3v) is 5.46. The predicted molar refractivity (Wildman–Crippen MR) is 83.6 cm³/mol. The van der Waals surface area contributed by atoms with Crippen LogP contribution in [0.3, 0.4) is 0 Å². The lowest BCUT2D eigenvalue weighted by atomic mass is 10.4. The summed E-state index contributed by atoms with van der Waals surface area (Å²) in [6, 6.07) is 14.1. The van der Waals surface area contributed by atoms with Crippen molar-refractivity contribution in [3.63, 3.8) is 0 Å². The van der Waals surface area contributed by atoms with Crippen molar-refractivity contribution in [1.29, 1.82) is 0 Å². The minimum absolute atomic E-state index is 0.304. The van der Waals surface area contributed by atoms with E-state index in [9.17, 15) is 8.42 Å². The van der Waals surface area contributed by atoms with Crippen LogP contribution in [0.1, 0.15) is 5.69 Å². The first-order chi connectivity index (χ1) is 10.1. The third kappa shape index (κ3) is 2.01. The summed E-state index contributed by atoms with van der Waals surface area (Å²) in [6.45, 7) is 1.91. The highest BCUT2D eigenvalue weighted by molar-refractivity contribution is 7.91. The van der Waals surface area contributed by atoms with Gasteiger partial charge in [-0.15, -0.1) is 0 Å². The molecule has 4 nitrogen and oxygen atoms in total. The van der Waals surface area contributed by atoms with E-state index in [0.29, 0.717) is 21.0 Å². The quantitative estimate of drug-likeness (QED) is 0.808. The third-order valence-electron chi connectivity index (χ3n) is 3.61. The van der Waals surface area contributed by atoms with E-state index >= 15 is 0 Å². The van der Waals surface area contributed by atoms with E-state index in [2.05, 4.69) is 5.32 Å². The molecular weight excluding hydrogens is 284 g/mol. The molecule has 0 aliphatic carbocycles. The number of anilines is 1. The summed E-state index contributed by atoms with van der Waals surface area (Å²) in [4.78, 5) is 0.632. The fraction of sp³-hybridized carbons (Fsp3) is 0.125. The zero-order chi connectivity index (χ0) is 15.0. The number of aromatic nitrogens is 1. The van der Waals surface area contributed by atoms with Crippen molar-refractivity contribution in [2.75, 3.05) is 12.4 Å². The molecule has 5 heteroatoms. The number of benzene rings is 1. The van der Waals surface area contributed by atoms with Gasteiger partial charge in [0.2, 0.25) is 9.84 Å². The summed E-state index contributed by atoms with van der Waals surface area (Å²) in [5.74, 6) is 0. The molecule has 3 rings (SSSR count). The molecule has 21 heavy (non-hydrogen) atoms. The first-order valence-electron chi connectivity index (χ1n) is 6.65. The lowest BCUT2D eigenvalue weighted by molar-refractivity contribution is 0.597. The van der Waals surface area contributed by atoms with Crippen LogP contribution in [0.5, 0.6) is 0 Å². The van der Waals surface area contributed by atoms with E-state index in [1.807, 2.05) is 35.7 Å². The standard InChI is InChI=1S/C16H16N2O2S/c1-12-15(17-2)16(14-10-6-7-11-18(12)14)21(19,20)13-8-4-3-5-9-13/h3-11,17H,1-2H3. The Morgan fingerprint density at radius 3 is 2.33 bits per heavy atom. The Kier molecular flexibility index (Phi) is 3.22. The molecule has 3 aromatic rings. The van der Waals surface area contributed by atoms with Crippen molar-refractivity contribution in [2.45, 2.75) is 16.7 Å². The van der Waals surface area contributed by atoms with Crippen LogP contribution >= 0.6 is 0 Å². The number of sulfone groups is 1. The lowest BCUT2D eigenvalue weighted by Crippen LogP contribution is -2.04. The van der Waals surface area contributed by atoms with Gasteiger partial charge in [0.15, 0.2) is 0 Å². The number of pyridine rings is 1. The predicted octanol–water partition coefficient (Wildman–Crippen LogP) is 3.12. The van der Waals surface area contributed by atoms with Gasteiger partial charge in [0.05, 0.1) is 16.1 Å². The van der Waals surface area contributed by atoms with E-state index in [-0.39, 0.29) is 0 Å². The Labute approximate surface area is 124 Å². The Morgan fingerprint density at radius 1 is 1.00 bits per heavy atom. The van der Waals surface area contributed by atoms with Crippen LogP contribution in [0.25, 0.3) is 5.52 Å². The maximum Gasteiger partial charge on any atom is 0.210 e. The van der Waals surface area contributed by atoms with Gasteiger partial charge in [-0.25, -0.2) is 8.42 Å². The van der Waals surface area contributed by atoms with Crippen LogP contribution in [-0.2, 0) is 9.84 Å². The van der Waals surface area contributed by atoms with Gasteiger partial charge >= 0.3 is 0 Å². The smallest absolute Gasteiger partial charge is 0.210 e. The van der Waals surface area contributed by atoms with Crippen LogP contribution in [0.4, 0.5) is 5.69 Å². The Bertz CT molecular complexity index is 897. The number of nitrogens with zero attached hydrogens (tertiary/aromatic N) is 1. The fourth-order valence-corrected chi connectivity index (χ4v) is 4.33. The summed E-state index contributed by atoms with van der Waals surface area (Å²) in [7, 11) is -1.83. The number of nitrogens with one attached hydrogen (secondary N) is 1. The molecule has 2 aromatic heterocycles. The SMILES string of the molecule is CNc1c(S(=O)(=O)c2ccccc2)c2ccccn2c1C. The van der Waals surface area contributed by atoms with Crippen LogP contribution in [0, 0.1) is 6.92 Å². The van der Waals surface area contributed by atoms with Crippen molar-refractivity contribution in [2.24, 2.45) is 0 Å². The molecule has 1 N–H and O–H groups in total. The van der Waals surface area contributed by atoms with Gasteiger partial charge < -0.3 is 9.72 Å². The number of aryl methyl sites for hydroxylation is 1. The molecule has 0 saturated heterocycles. The van der Waals surface area contributed by atoms with Crippen LogP contribution in [0.15, 0.2) is 64.5 Å². The van der Waals surface area contributed by atoms with Gasteiger partial charge in [0.25, 0.3) is 0 Å². The van der Waals surface area contributed by atoms with Gasteiger partial charge in [0, 0.05) is 18.9 Å². The van der Waals surface area contributed by atoms with Gasteiger partial charge in [-0.1, -0.05) is 24.3 Å². The molecule has 0 bridgehead atoms. The first kappa shape index (κ1) is 13.7. The zero-order valence-corrected chi connectivity index (χ0v) is 12.7. The number of fused-ring (bicyclic) bond motifs is 1. The largest absolute Gasteiger partial charge is 0.386 e. The number of hydrogen-bond acceptors (Lipinski definition) is 3. The van der Waals surface area contributed by atoms with Gasteiger partial charge in [-0.05, 0) is 31.2 Å². The molecule has 0 atom stereocenters. The van der Waals surface area contributed by atoms with Crippen molar-refractivity contribution in [1.82, 2.24) is 4.40 Å². The minimum Gasteiger partial charge on any atom is -0.386 e. The van der Waals surface area contributed by atoms with E-state index in [4.69, 9.17) is 0 Å². The Hall–Kier alpha value is -2.27. The summed E-state index contributed by atoms with van der Waals surface area (Å²) in [5.41, 5.74) is 2.20. The minimum atomic E-state index is -3.57. The second-order valence-corrected chi connectivity index (χ2v) is 6.70. The second kappa shape index (κ2) is 4.93. The van der Waals surface area contributed by atoms with Crippen molar-refractivity contribution in [3.05, 3.63) is 60.4 Å². The fourth-order valence-electron chi connectivity index (χ4n) is 2.62. The maximum absolute atomic E-state index is 13.0. The van der Waals surface area contributed by atoms with Crippen molar-refractivity contribution >= 4 is 21.0 Å². The molecule has 108 valence electrons. The van der Waals surface area contributed by atoms with Crippen LogP contribution < -0.4 is 5.32 Å². The van der Waals surface area contributed by atoms with E-state index in [1.165, 1.54) is 0 Å². The average Bonchev–Trinajstić information content (AvgIpc) is 2.81. The van der Waals surface area contributed by atoms with Crippen molar-refractivity contribution < 1.29 is 8.42 Å². The highest BCUT2D eigenvalue weighted by Crippen LogP contribution is 2.35. The van der Waals surface area contributed by atoms with Gasteiger partial charge in [-0.2, -0.15) is 0 Å². The molecule has 0 unspecified atom stereocenters. The highest BCUT2D eigenvalue weighted by Gasteiger charge is 2.27. The molecule has 0 fully saturated rings. The molecule has 0 aliphatic rings. The highest BCUT2D eigenvalue weighted by atomic mass is 32.2. The van der Waals surface area contributed by atoms with E-state index in [0.717, 1.165) is 5.69 Å².